The summed E-state index contributed by atoms with van der Waals surface area (Å²) >= 11 is 0. The van der Waals surface area contributed by atoms with Gasteiger partial charge in [0.15, 0.2) is 8.32 Å². The maximum Gasteiger partial charge on any atom is 0.330 e. The number of carbonyl (C=O) groups excluding carboxylic acids is 1. The van der Waals surface area contributed by atoms with Crippen LogP contribution < -0.4 is 0 Å². The van der Waals surface area contributed by atoms with Gasteiger partial charge in [0.1, 0.15) is 0 Å². The van der Waals surface area contributed by atoms with Crippen LogP contribution in [-0.4, -0.2) is 40.7 Å². The van der Waals surface area contributed by atoms with Gasteiger partial charge in [0, 0.05) is 24.5 Å². The Bertz CT molecular complexity index is 854. The summed E-state index contributed by atoms with van der Waals surface area (Å²) in [6, 6.07) is 3.57. The van der Waals surface area contributed by atoms with Crippen molar-refractivity contribution in [1.82, 2.24) is 0 Å². The molecule has 4 saturated carbocycles. The summed E-state index contributed by atoms with van der Waals surface area (Å²) in [5, 5.41) is 0. The molecule has 34 heavy (non-hydrogen) atoms. The molecule has 5 aliphatic carbocycles. The summed E-state index contributed by atoms with van der Waals surface area (Å²) in [4.78, 5) is 11.9. The lowest BCUT2D eigenvalue weighted by Gasteiger charge is -2.60. The van der Waals surface area contributed by atoms with Crippen molar-refractivity contribution in [2.24, 2.45) is 40.4 Å². The average Bonchev–Trinajstić information content (AvgIpc) is 3.30. The van der Waals surface area contributed by atoms with Crippen LogP contribution in [0.3, 0.4) is 0 Å². The Balaban J connectivity index is 1.51. The summed E-state index contributed by atoms with van der Waals surface area (Å²) in [7, 11) is 1.66. The highest BCUT2D eigenvalue weighted by Crippen LogP contribution is 2.81. The first-order valence-electron chi connectivity index (χ1n) is 14.0. The molecule has 0 N–H and O–H groups in total. The summed E-state index contributed by atoms with van der Waals surface area (Å²) in [6.07, 6.45) is 14.4. The number of carbonyl (C=O) groups is 1. The second-order valence-electron chi connectivity index (χ2n) is 12.2. The molecule has 0 aromatic rings. The molecule has 0 aromatic heterocycles. The molecular weight excluding hydrogens is 440 g/mol. The first kappa shape index (κ1) is 24.8. The van der Waals surface area contributed by atoms with Crippen molar-refractivity contribution in [3.8, 4) is 0 Å². The Labute approximate surface area is 208 Å². The van der Waals surface area contributed by atoms with Crippen molar-refractivity contribution in [3.63, 3.8) is 0 Å². The second kappa shape index (κ2) is 8.88. The monoisotopic (exact) mass is 486 g/mol. The van der Waals surface area contributed by atoms with E-state index in [2.05, 4.69) is 33.8 Å². The minimum absolute atomic E-state index is 0.271. The van der Waals surface area contributed by atoms with Gasteiger partial charge < -0.3 is 13.9 Å². The number of allylic oxidation sites excluding steroid dienone is 2. The SMILES string of the molecule is CC[Si](CC)(CC)O[C@@H]1C[C@H]2[C@@H](C[C@@H](OC)[C@]34C[C@H]3CC[C@]24C)[C@@H]2CC=C(/C=C/C(=O)OC)C21. The van der Waals surface area contributed by atoms with Gasteiger partial charge in [-0.2, -0.15) is 0 Å². The van der Waals surface area contributed by atoms with Crippen LogP contribution in [0.5, 0.6) is 0 Å². The molecule has 4 fully saturated rings. The maximum absolute atomic E-state index is 11.9. The number of rotatable bonds is 8. The zero-order chi connectivity index (χ0) is 24.3. The molecule has 0 amide bonds. The van der Waals surface area contributed by atoms with Gasteiger partial charge in [-0.1, -0.05) is 39.8 Å². The first-order valence-corrected chi connectivity index (χ1v) is 16.5. The van der Waals surface area contributed by atoms with Crippen LogP contribution >= 0.6 is 0 Å². The molecular formula is C29H46O4Si. The summed E-state index contributed by atoms with van der Waals surface area (Å²) in [6.45, 7) is 9.66. The van der Waals surface area contributed by atoms with Crippen molar-refractivity contribution in [1.29, 1.82) is 0 Å². The first-order chi connectivity index (χ1) is 16.3. The van der Waals surface area contributed by atoms with Crippen molar-refractivity contribution in [2.45, 2.75) is 96.6 Å². The van der Waals surface area contributed by atoms with E-state index in [1.807, 2.05) is 13.2 Å². The zero-order valence-corrected chi connectivity index (χ0v) is 23.3. The number of methoxy groups -OCH3 is 2. The summed E-state index contributed by atoms with van der Waals surface area (Å²) in [5.41, 5.74) is 2.11. The smallest absolute Gasteiger partial charge is 0.330 e. The van der Waals surface area contributed by atoms with Crippen LogP contribution in [0.25, 0.3) is 0 Å². The van der Waals surface area contributed by atoms with E-state index >= 15 is 0 Å². The maximum atomic E-state index is 11.9. The molecule has 0 aromatic carbocycles. The molecule has 0 radical (unpaired) electrons. The normalized spacial score (nSPS) is 44.8. The third-order valence-electron chi connectivity index (χ3n) is 11.8. The van der Waals surface area contributed by atoms with Crippen molar-refractivity contribution in [2.75, 3.05) is 14.2 Å². The van der Waals surface area contributed by atoms with Crippen LogP contribution in [-0.2, 0) is 18.7 Å². The molecule has 0 heterocycles. The van der Waals surface area contributed by atoms with Crippen molar-refractivity contribution < 1.29 is 18.7 Å². The molecule has 1 spiro atoms. The van der Waals surface area contributed by atoms with Crippen LogP contribution in [0.1, 0.15) is 66.2 Å². The fourth-order valence-corrected chi connectivity index (χ4v) is 12.6. The number of hydrogen-bond acceptors (Lipinski definition) is 4. The van der Waals surface area contributed by atoms with E-state index in [-0.39, 0.29) is 12.1 Å². The van der Waals surface area contributed by atoms with Gasteiger partial charge in [-0.3, -0.25) is 0 Å². The molecule has 5 heteroatoms. The van der Waals surface area contributed by atoms with E-state index in [0.717, 1.165) is 18.3 Å². The number of fused-ring (bicyclic) bond motifs is 4. The van der Waals surface area contributed by atoms with Gasteiger partial charge in [-0.15, -0.1) is 0 Å². The standard InChI is InChI=1S/C29H46O4Si/c1-7-34(8-2,9-3)33-24-17-23-22(21-12-10-19(27(21)24)11-13-26(30)32-6)16-25(31-5)29-18-20(29)14-15-28(23,29)4/h10-11,13,20-25,27H,7-9,12,14-18H2,1-6H3/b13-11+/t20-,21+,22+,23+,24-,25-,27?,28-,29+/m1/s1. The van der Waals surface area contributed by atoms with Gasteiger partial charge >= 0.3 is 5.97 Å². The predicted molar refractivity (Wildman–Crippen MR) is 138 cm³/mol. The van der Waals surface area contributed by atoms with Crippen LogP contribution in [0.2, 0.25) is 18.1 Å². The third-order valence-corrected chi connectivity index (χ3v) is 16.4. The third kappa shape index (κ3) is 3.39. The molecule has 5 rings (SSSR count). The molecule has 4 nitrogen and oxygen atoms in total. The van der Waals surface area contributed by atoms with E-state index in [1.165, 1.54) is 62.9 Å². The fourth-order valence-electron chi connectivity index (χ4n) is 9.70. The van der Waals surface area contributed by atoms with Gasteiger partial charge in [-0.05, 0) is 91.3 Å². The molecule has 9 atom stereocenters. The van der Waals surface area contributed by atoms with Gasteiger partial charge in [-0.25, -0.2) is 4.79 Å². The van der Waals surface area contributed by atoms with E-state index < -0.39 is 8.32 Å². The topological polar surface area (TPSA) is 44.8 Å². The van der Waals surface area contributed by atoms with Crippen LogP contribution in [0.4, 0.5) is 0 Å². The predicted octanol–water partition coefficient (Wildman–Crippen LogP) is 6.53. The Hall–Kier alpha value is -0.913. The zero-order valence-electron chi connectivity index (χ0n) is 22.3. The lowest BCUT2D eigenvalue weighted by atomic mass is 9.47. The molecule has 5 aliphatic rings. The Morgan fingerprint density at radius 2 is 1.88 bits per heavy atom. The molecule has 0 aliphatic heterocycles. The van der Waals surface area contributed by atoms with E-state index in [4.69, 9.17) is 13.9 Å². The van der Waals surface area contributed by atoms with Gasteiger partial charge in [0.2, 0.25) is 0 Å². The number of esters is 1. The Morgan fingerprint density at radius 3 is 2.50 bits per heavy atom. The minimum Gasteiger partial charge on any atom is -0.466 e. The molecule has 0 saturated heterocycles. The minimum atomic E-state index is -1.76. The lowest BCUT2D eigenvalue weighted by Crippen LogP contribution is -2.59. The molecule has 190 valence electrons. The van der Waals surface area contributed by atoms with Crippen molar-refractivity contribution >= 4 is 14.3 Å². The summed E-state index contributed by atoms with van der Waals surface area (Å²) in [5.74, 6) is 3.02. The Morgan fingerprint density at radius 1 is 1.15 bits per heavy atom. The Kier molecular flexibility index (Phi) is 6.47. The van der Waals surface area contributed by atoms with Crippen LogP contribution in [0, 0.1) is 40.4 Å². The largest absolute Gasteiger partial charge is 0.466 e. The second-order valence-corrected chi connectivity index (χ2v) is 17.0. The molecule has 0 bridgehead atoms. The quantitative estimate of drug-likeness (QED) is 0.222. The highest BCUT2D eigenvalue weighted by Gasteiger charge is 2.77. The van der Waals surface area contributed by atoms with E-state index in [1.54, 1.807) is 6.08 Å². The van der Waals surface area contributed by atoms with E-state index in [0.29, 0.717) is 34.7 Å². The highest BCUT2D eigenvalue weighted by molar-refractivity contribution is 6.73. The fraction of sp³-hybridized carbons (Fsp3) is 0.828. The average molecular weight is 487 g/mol. The summed E-state index contributed by atoms with van der Waals surface area (Å²) < 4.78 is 18.5. The van der Waals surface area contributed by atoms with Gasteiger partial charge in [0.25, 0.3) is 0 Å². The van der Waals surface area contributed by atoms with Crippen LogP contribution in [0.15, 0.2) is 23.8 Å². The highest BCUT2D eigenvalue weighted by atomic mass is 28.4. The van der Waals surface area contributed by atoms with Gasteiger partial charge in [0.05, 0.1) is 19.3 Å². The number of hydrogen-bond donors (Lipinski definition) is 0. The van der Waals surface area contributed by atoms with E-state index in [9.17, 15) is 4.79 Å². The lowest BCUT2D eigenvalue weighted by molar-refractivity contribution is -0.160. The molecule has 1 unspecified atom stereocenters. The number of ether oxygens (including phenoxy) is 2. The van der Waals surface area contributed by atoms with Crippen molar-refractivity contribution in [3.05, 3.63) is 23.8 Å².